The van der Waals surface area contributed by atoms with Gasteiger partial charge in [-0.3, -0.25) is 9.59 Å². The van der Waals surface area contributed by atoms with Crippen LogP contribution in [-0.4, -0.2) is 35.4 Å². The monoisotopic (exact) mass is 490 g/mol. The minimum Gasteiger partial charge on any atom is -0.483 e. The highest BCUT2D eigenvalue weighted by molar-refractivity contribution is 6.35. The van der Waals surface area contributed by atoms with E-state index in [-0.39, 0.29) is 36.9 Å². The second kappa shape index (κ2) is 11.8. The molecule has 178 valence electrons. The zero-order valence-corrected chi connectivity index (χ0v) is 21.0. The molecule has 0 saturated heterocycles. The molecule has 1 saturated carbocycles. The molecule has 1 fully saturated rings. The summed E-state index contributed by atoms with van der Waals surface area (Å²) in [7, 11) is 0. The summed E-state index contributed by atoms with van der Waals surface area (Å²) in [5, 5.41) is 4.06. The van der Waals surface area contributed by atoms with Gasteiger partial charge in [0.15, 0.2) is 6.61 Å². The molecule has 1 aliphatic carbocycles. The third-order valence-electron chi connectivity index (χ3n) is 6.12. The lowest BCUT2D eigenvalue weighted by Gasteiger charge is -2.30. The van der Waals surface area contributed by atoms with Crippen LogP contribution in [-0.2, 0) is 16.1 Å². The molecule has 0 unspecified atom stereocenters. The van der Waals surface area contributed by atoms with E-state index in [1.165, 1.54) is 4.90 Å². The fraction of sp³-hybridized carbons (Fsp3) is 0.462. The number of nitrogens with zero attached hydrogens (tertiary/aromatic N) is 1. The number of rotatable bonds is 9. The summed E-state index contributed by atoms with van der Waals surface area (Å²) in [4.78, 5) is 27.8. The molecule has 1 aliphatic rings. The highest BCUT2D eigenvalue weighted by Gasteiger charge is 2.29. The van der Waals surface area contributed by atoms with Gasteiger partial charge in [-0.25, -0.2) is 0 Å². The second-order valence-electron chi connectivity index (χ2n) is 8.90. The number of hydrogen-bond acceptors (Lipinski definition) is 3. The molecule has 33 heavy (non-hydrogen) atoms. The summed E-state index contributed by atoms with van der Waals surface area (Å²) in [5.74, 6) is 0.487. The van der Waals surface area contributed by atoms with E-state index in [9.17, 15) is 9.59 Å². The lowest BCUT2D eigenvalue weighted by Crippen LogP contribution is -2.50. The topological polar surface area (TPSA) is 58.6 Å². The van der Waals surface area contributed by atoms with E-state index < -0.39 is 6.04 Å². The first-order valence-electron chi connectivity index (χ1n) is 11.5. The molecule has 2 aromatic carbocycles. The Hall–Kier alpha value is -2.24. The molecule has 3 rings (SSSR count). The van der Waals surface area contributed by atoms with Crippen LogP contribution in [0.25, 0.3) is 0 Å². The van der Waals surface area contributed by atoms with Gasteiger partial charge in [0.05, 0.1) is 0 Å². The number of benzene rings is 2. The molecular weight excluding hydrogens is 459 g/mol. The predicted octanol–water partition coefficient (Wildman–Crippen LogP) is 5.97. The van der Waals surface area contributed by atoms with Crippen molar-refractivity contribution < 1.29 is 14.3 Å². The van der Waals surface area contributed by atoms with E-state index in [0.717, 1.165) is 36.8 Å². The molecule has 2 aromatic rings. The number of carbonyl (C=O) groups is 2. The Labute approximate surface area is 206 Å². The second-order valence-corrected chi connectivity index (χ2v) is 9.75. The van der Waals surface area contributed by atoms with Crippen molar-refractivity contribution in [2.24, 2.45) is 0 Å². The van der Waals surface area contributed by atoms with Crippen molar-refractivity contribution in [3.05, 3.63) is 63.6 Å². The van der Waals surface area contributed by atoms with Gasteiger partial charge in [0.2, 0.25) is 5.91 Å². The smallest absolute Gasteiger partial charge is 0.261 e. The van der Waals surface area contributed by atoms with Crippen LogP contribution in [0.15, 0.2) is 42.5 Å². The maximum atomic E-state index is 13.3. The quantitative estimate of drug-likeness (QED) is 0.470. The Balaban J connectivity index is 1.77. The van der Waals surface area contributed by atoms with Crippen LogP contribution in [0.3, 0.4) is 0 Å². The lowest BCUT2D eigenvalue weighted by molar-refractivity contribution is -0.142. The Morgan fingerprint density at radius 1 is 1.09 bits per heavy atom. The van der Waals surface area contributed by atoms with Gasteiger partial charge < -0.3 is 15.0 Å². The molecule has 1 atom stereocenters. The molecule has 2 amide bonds. The Bertz CT molecular complexity index is 974. The van der Waals surface area contributed by atoms with Crippen LogP contribution in [0, 0.1) is 0 Å². The molecule has 0 bridgehead atoms. The summed E-state index contributed by atoms with van der Waals surface area (Å²) in [5.41, 5.74) is 1.75. The molecular formula is C26H32Cl2N2O3. The maximum Gasteiger partial charge on any atom is 0.261 e. The van der Waals surface area contributed by atoms with Gasteiger partial charge in [-0.1, -0.05) is 74.2 Å². The van der Waals surface area contributed by atoms with Crippen molar-refractivity contribution in [2.45, 2.75) is 71.0 Å². The molecule has 0 radical (unpaired) electrons. The third-order valence-corrected chi connectivity index (χ3v) is 6.70. The normalized spacial score (nSPS) is 14.8. The largest absolute Gasteiger partial charge is 0.483 e. The zero-order valence-electron chi connectivity index (χ0n) is 19.4. The van der Waals surface area contributed by atoms with Crippen LogP contribution in [0.5, 0.6) is 5.75 Å². The number of halogens is 2. The number of para-hydroxylation sites is 1. The molecule has 0 heterocycles. The van der Waals surface area contributed by atoms with Gasteiger partial charge in [0.1, 0.15) is 11.8 Å². The van der Waals surface area contributed by atoms with Gasteiger partial charge in [0.25, 0.3) is 5.91 Å². The molecule has 5 nitrogen and oxygen atoms in total. The molecule has 0 spiro atoms. The number of hydrogen-bond donors (Lipinski definition) is 1. The number of carbonyl (C=O) groups excluding carboxylic acids is 2. The van der Waals surface area contributed by atoms with Gasteiger partial charge in [-0.2, -0.15) is 0 Å². The van der Waals surface area contributed by atoms with Crippen molar-refractivity contribution >= 4 is 35.0 Å². The Morgan fingerprint density at radius 2 is 1.79 bits per heavy atom. The van der Waals surface area contributed by atoms with E-state index >= 15 is 0 Å². The Kier molecular flexibility index (Phi) is 9.04. The van der Waals surface area contributed by atoms with E-state index in [1.807, 2.05) is 24.3 Å². The van der Waals surface area contributed by atoms with Gasteiger partial charge in [-0.15, -0.1) is 0 Å². The lowest BCUT2D eigenvalue weighted by atomic mass is 10.0. The van der Waals surface area contributed by atoms with Crippen LogP contribution < -0.4 is 10.1 Å². The van der Waals surface area contributed by atoms with E-state index in [2.05, 4.69) is 19.2 Å². The predicted molar refractivity (Wildman–Crippen MR) is 133 cm³/mol. The first-order chi connectivity index (χ1) is 15.8. The standard InChI is InChI=1S/C26H32Cl2N2O3/c1-17(2)22-10-6-7-11-24(22)33-16-25(31)30(15-19-12-13-20(27)14-23(19)28)18(3)26(32)29-21-8-4-5-9-21/h6-7,10-14,17-18,21H,4-5,8-9,15-16H2,1-3H3,(H,29,32)/t18-/m0/s1. The average molecular weight is 491 g/mol. The van der Waals surface area contributed by atoms with E-state index in [1.54, 1.807) is 25.1 Å². The fourth-order valence-electron chi connectivity index (χ4n) is 4.12. The maximum absolute atomic E-state index is 13.3. The van der Waals surface area contributed by atoms with Crippen molar-refractivity contribution in [1.82, 2.24) is 10.2 Å². The van der Waals surface area contributed by atoms with Crippen molar-refractivity contribution in [2.75, 3.05) is 6.61 Å². The SMILES string of the molecule is CC(C)c1ccccc1OCC(=O)N(Cc1ccc(Cl)cc1Cl)[C@@H](C)C(=O)NC1CCCC1. The van der Waals surface area contributed by atoms with E-state index in [0.29, 0.717) is 15.8 Å². The van der Waals surface area contributed by atoms with Crippen LogP contribution in [0.4, 0.5) is 0 Å². The van der Waals surface area contributed by atoms with Crippen LogP contribution in [0.2, 0.25) is 10.0 Å². The van der Waals surface area contributed by atoms with Crippen LogP contribution in [0.1, 0.15) is 63.5 Å². The van der Waals surface area contributed by atoms with Gasteiger partial charge in [-0.05, 0) is 55.0 Å². The number of amides is 2. The molecule has 0 aromatic heterocycles. The first-order valence-corrected chi connectivity index (χ1v) is 12.3. The summed E-state index contributed by atoms with van der Waals surface area (Å²) in [6.07, 6.45) is 4.19. The third kappa shape index (κ3) is 6.87. The first kappa shape index (κ1) is 25.4. The highest BCUT2D eigenvalue weighted by atomic mass is 35.5. The minimum absolute atomic E-state index is 0.164. The number of nitrogens with one attached hydrogen (secondary N) is 1. The van der Waals surface area contributed by atoms with Gasteiger partial charge in [0, 0.05) is 22.6 Å². The highest BCUT2D eigenvalue weighted by Crippen LogP contribution is 2.27. The van der Waals surface area contributed by atoms with Crippen LogP contribution >= 0.6 is 23.2 Å². The Morgan fingerprint density at radius 3 is 2.45 bits per heavy atom. The van der Waals surface area contributed by atoms with Crippen molar-refractivity contribution in [3.63, 3.8) is 0 Å². The summed E-state index contributed by atoms with van der Waals surface area (Å²) >= 11 is 12.4. The molecule has 0 aliphatic heterocycles. The summed E-state index contributed by atoms with van der Waals surface area (Å²) in [6.45, 7) is 5.91. The summed E-state index contributed by atoms with van der Waals surface area (Å²) in [6, 6.07) is 12.3. The van der Waals surface area contributed by atoms with Crippen molar-refractivity contribution in [1.29, 1.82) is 0 Å². The molecule has 1 N–H and O–H groups in total. The summed E-state index contributed by atoms with van der Waals surface area (Å²) < 4.78 is 5.91. The van der Waals surface area contributed by atoms with E-state index in [4.69, 9.17) is 27.9 Å². The fourth-order valence-corrected chi connectivity index (χ4v) is 4.59. The van der Waals surface area contributed by atoms with Gasteiger partial charge >= 0.3 is 0 Å². The molecule has 7 heteroatoms. The number of ether oxygens (including phenoxy) is 1. The minimum atomic E-state index is -0.672. The van der Waals surface area contributed by atoms with Crippen molar-refractivity contribution in [3.8, 4) is 5.75 Å². The average Bonchev–Trinajstić information content (AvgIpc) is 3.29. The zero-order chi connectivity index (χ0) is 24.0.